The van der Waals surface area contributed by atoms with Crippen LogP contribution >= 0.6 is 0 Å². The standard InChI is InChI=1S/C14H17NO2S/c1-18(16,17)10-4-8-14(11-15)9-7-12-5-2-3-6-13(12)14/h2-3,5-6H,4,7-10H2,1H3. The smallest absolute Gasteiger partial charge is 0.147 e. The molecule has 1 atom stereocenters. The molecular weight excluding hydrogens is 246 g/mol. The summed E-state index contributed by atoms with van der Waals surface area (Å²) in [5.41, 5.74) is 1.86. The van der Waals surface area contributed by atoms with Crippen LogP contribution in [0.15, 0.2) is 24.3 Å². The molecule has 0 saturated carbocycles. The molecule has 0 fully saturated rings. The van der Waals surface area contributed by atoms with E-state index in [2.05, 4.69) is 12.1 Å². The summed E-state index contributed by atoms with van der Waals surface area (Å²) in [6, 6.07) is 10.4. The highest BCUT2D eigenvalue weighted by molar-refractivity contribution is 7.90. The highest BCUT2D eigenvalue weighted by Gasteiger charge is 2.38. The molecule has 1 unspecified atom stereocenters. The molecule has 1 aliphatic rings. The average molecular weight is 263 g/mol. The summed E-state index contributed by atoms with van der Waals surface area (Å²) in [6.07, 6.45) is 4.16. The second-order valence-electron chi connectivity index (χ2n) is 5.08. The molecule has 0 aliphatic heterocycles. The number of nitrogens with zero attached hydrogens (tertiary/aromatic N) is 1. The summed E-state index contributed by atoms with van der Waals surface area (Å²) in [5, 5.41) is 9.49. The van der Waals surface area contributed by atoms with E-state index in [1.54, 1.807) is 0 Å². The molecule has 2 rings (SSSR count). The molecular formula is C14H17NO2S. The quantitative estimate of drug-likeness (QED) is 0.837. The number of sulfone groups is 1. The maximum atomic E-state index is 11.2. The Hall–Kier alpha value is -1.34. The third kappa shape index (κ3) is 2.56. The fraction of sp³-hybridized carbons (Fsp3) is 0.500. The molecule has 18 heavy (non-hydrogen) atoms. The van der Waals surface area contributed by atoms with Crippen LogP contribution in [-0.4, -0.2) is 20.4 Å². The van der Waals surface area contributed by atoms with Gasteiger partial charge in [0.25, 0.3) is 0 Å². The first-order valence-electron chi connectivity index (χ1n) is 6.14. The van der Waals surface area contributed by atoms with Crippen molar-refractivity contribution in [3.05, 3.63) is 35.4 Å². The minimum Gasteiger partial charge on any atom is -0.229 e. The lowest BCUT2D eigenvalue weighted by atomic mass is 9.79. The van der Waals surface area contributed by atoms with Gasteiger partial charge in [-0.05, 0) is 36.8 Å². The Morgan fingerprint density at radius 1 is 1.39 bits per heavy atom. The Labute approximate surface area is 108 Å². The van der Waals surface area contributed by atoms with Gasteiger partial charge in [0.05, 0.1) is 11.5 Å². The van der Waals surface area contributed by atoms with Crippen LogP contribution in [0.1, 0.15) is 30.4 Å². The van der Waals surface area contributed by atoms with Crippen molar-refractivity contribution < 1.29 is 8.42 Å². The Morgan fingerprint density at radius 3 is 2.78 bits per heavy atom. The fourth-order valence-corrected chi connectivity index (χ4v) is 3.42. The molecule has 96 valence electrons. The highest BCUT2D eigenvalue weighted by atomic mass is 32.2. The van der Waals surface area contributed by atoms with Crippen molar-refractivity contribution in [2.45, 2.75) is 31.1 Å². The topological polar surface area (TPSA) is 57.9 Å². The summed E-state index contributed by atoms with van der Waals surface area (Å²) in [5.74, 6) is 0.165. The van der Waals surface area contributed by atoms with E-state index >= 15 is 0 Å². The van der Waals surface area contributed by atoms with E-state index in [0.717, 1.165) is 18.4 Å². The molecule has 1 aromatic carbocycles. The van der Waals surface area contributed by atoms with Gasteiger partial charge in [0.15, 0.2) is 0 Å². The predicted octanol–water partition coefficient (Wildman–Crippen LogP) is 2.22. The van der Waals surface area contributed by atoms with E-state index in [9.17, 15) is 13.7 Å². The number of hydrogen-bond acceptors (Lipinski definition) is 3. The van der Waals surface area contributed by atoms with Crippen molar-refractivity contribution in [2.24, 2.45) is 0 Å². The van der Waals surface area contributed by atoms with Crippen LogP contribution in [0.2, 0.25) is 0 Å². The minimum absolute atomic E-state index is 0.165. The zero-order valence-corrected chi connectivity index (χ0v) is 11.3. The molecule has 1 aromatic rings. The fourth-order valence-electron chi connectivity index (χ4n) is 2.76. The van der Waals surface area contributed by atoms with E-state index in [1.165, 1.54) is 11.8 Å². The zero-order chi connectivity index (χ0) is 13.2. The first kappa shape index (κ1) is 13.1. The maximum absolute atomic E-state index is 11.2. The maximum Gasteiger partial charge on any atom is 0.147 e. The monoisotopic (exact) mass is 263 g/mol. The summed E-state index contributed by atoms with van der Waals surface area (Å²) in [6.45, 7) is 0. The Bertz CT molecular complexity index is 586. The molecule has 0 spiro atoms. The van der Waals surface area contributed by atoms with Crippen molar-refractivity contribution >= 4 is 9.84 Å². The van der Waals surface area contributed by atoms with Gasteiger partial charge >= 0.3 is 0 Å². The lowest BCUT2D eigenvalue weighted by molar-refractivity contribution is 0.491. The number of hydrogen-bond donors (Lipinski definition) is 0. The van der Waals surface area contributed by atoms with Crippen molar-refractivity contribution in [2.75, 3.05) is 12.0 Å². The van der Waals surface area contributed by atoms with E-state index in [-0.39, 0.29) is 5.75 Å². The number of benzene rings is 1. The van der Waals surface area contributed by atoms with E-state index in [0.29, 0.717) is 12.8 Å². The first-order valence-corrected chi connectivity index (χ1v) is 8.20. The summed E-state index contributed by atoms with van der Waals surface area (Å²) in [4.78, 5) is 0. The average Bonchev–Trinajstić information content (AvgIpc) is 2.68. The van der Waals surface area contributed by atoms with Gasteiger partial charge in [0.1, 0.15) is 9.84 Å². The normalized spacial score (nSPS) is 22.4. The van der Waals surface area contributed by atoms with Crippen LogP contribution in [0.3, 0.4) is 0 Å². The third-order valence-electron chi connectivity index (χ3n) is 3.69. The van der Waals surface area contributed by atoms with Gasteiger partial charge in [-0.25, -0.2) is 8.42 Å². The molecule has 3 nitrogen and oxygen atoms in total. The minimum atomic E-state index is -2.94. The van der Waals surface area contributed by atoms with Gasteiger partial charge in [0.2, 0.25) is 0 Å². The number of nitriles is 1. The van der Waals surface area contributed by atoms with Crippen LogP contribution in [-0.2, 0) is 21.7 Å². The van der Waals surface area contributed by atoms with E-state index in [4.69, 9.17) is 0 Å². The largest absolute Gasteiger partial charge is 0.229 e. The summed E-state index contributed by atoms with van der Waals surface area (Å²) >= 11 is 0. The van der Waals surface area contributed by atoms with Gasteiger partial charge in [-0.15, -0.1) is 0 Å². The van der Waals surface area contributed by atoms with Crippen molar-refractivity contribution in [3.8, 4) is 6.07 Å². The molecule has 1 aliphatic carbocycles. The number of fused-ring (bicyclic) bond motifs is 1. The van der Waals surface area contributed by atoms with Crippen LogP contribution in [0, 0.1) is 11.3 Å². The molecule has 0 N–H and O–H groups in total. The second kappa shape index (κ2) is 4.74. The lowest BCUT2D eigenvalue weighted by Crippen LogP contribution is -2.21. The zero-order valence-electron chi connectivity index (χ0n) is 10.5. The molecule has 0 bridgehead atoms. The van der Waals surface area contributed by atoms with Crippen LogP contribution in [0.5, 0.6) is 0 Å². The van der Waals surface area contributed by atoms with Crippen molar-refractivity contribution in [3.63, 3.8) is 0 Å². The molecule has 0 saturated heterocycles. The van der Waals surface area contributed by atoms with Gasteiger partial charge in [-0.2, -0.15) is 5.26 Å². The third-order valence-corrected chi connectivity index (χ3v) is 4.72. The SMILES string of the molecule is CS(=O)(=O)CCCC1(C#N)CCc2ccccc21. The molecule has 0 amide bonds. The van der Waals surface area contributed by atoms with Crippen LogP contribution in [0.25, 0.3) is 0 Å². The van der Waals surface area contributed by atoms with Gasteiger partial charge in [-0.1, -0.05) is 24.3 Å². The molecule has 0 heterocycles. The van der Waals surface area contributed by atoms with Crippen molar-refractivity contribution in [1.29, 1.82) is 5.26 Å². The van der Waals surface area contributed by atoms with Crippen molar-refractivity contribution in [1.82, 2.24) is 0 Å². The van der Waals surface area contributed by atoms with Gasteiger partial charge < -0.3 is 0 Å². The van der Waals surface area contributed by atoms with Gasteiger partial charge in [0, 0.05) is 12.0 Å². The number of aryl methyl sites for hydroxylation is 1. The predicted molar refractivity (Wildman–Crippen MR) is 71.0 cm³/mol. The Kier molecular flexibility index (Phi) is 3.45. The molecule has 0 aromatic heterocycles. The highest BCUT2D eigenvalue weighted by Crippen LogP contribution is 2.41. The van der Waals surface area contributed by atoms with E-state index in [1.807, 2.05) is 18.2 Å². The van der Waals surface area contributed by atoms with Crippen LogP contribution < -0.4 is 0 Å². The molecule has 0 radical (unpaired) electrons. The van der Waals surface area contributed by atoms with Crippen LogP contribution in [0.4, 0.5) is 0 Å². The summed E-state index contributed by atoms with van der Waals surface area (Å²) in [7, 11) is -2.94. The van der Waals surface area contributed by atoms with E-state index < -0.39 is 15.3 Å². The first-order chi connectivity index (χ1) is 8.47. The lowest BCUT2D eigenvalue weighted by Gasteiger charge is -2.21. The Balaban J connectivity index is 2.17. The number of rotatable bonds is 4. The summed E-state index contributed by atoms with van der Waals surface area (Å²) < 4.78 is 22.3. The molecule has 4 heteroatoms. The second-order valence-corrected chi connectivity index (χ2v) is 7.34. The van der Waals surface area contributed by atoms with Gasteiger partial charge in [-0.3, -0.25) is 0 Å². The Morgan fingerprint density at radius 2 is 2.11 bits per heavy atom.